The van der Waals surface area contributed by atoms with Crippen molar-refractivity contribution in [2.45, 2.75) is 56.9 Å². The van der Waals surface area contributed by atoms with Crippen LogP contribution in [-0.4, -0.2) is 51.9 Å². The van der Waals surface area contributed by atoms with Crippen molar-refractivity contribution in [2.24, 2.45) is 5.92 Å². The van der Waals surface area contributed by atoms with Crippen LogP contribution >= 0.6 is 11.6 Å². The van der Waals surface area contributed by atoms with Crippen LogP contribution in [0.2, 0.25) is 5.02 Å². The number of aromatic nitrogens is 2. The van der Waals surface area contributed by atoms with E-state index in [1.54, 1.807) is 0 Å². The molecule has 3 atom stereocenters. The molecule has 6 rings (SSSR count). The van der Waals surface area contributed by atoms with Crippen molar-refractivity contribution >= 4 is 28.4 Å². The number of morpholine rings is 1. The lowest BCUT2D eigenvalue weighted by atomic mass is 9.89. The molecule has 2 bridgehead atoms. The van der Waals surface area contributed by atoms with Gasteiger partial charge in [-0.3, -0.25) is 14.4 Å². The summed E-state index contributed by atoms with van der Waals surface area (Å²) in [5.74, 6) is 0.643. The summed E-state index contributed by atoms with van der Waals surface area (Å²) in [6, 6.07) is 16.9. The second-order valence-electron chi connectivity index (χ2n) is 9.78. The van der Waals surface area contributed by atoms with Gasteiger partial charge in [0.15, 0.2) is 5.69 Å². The van der Waals surface area contributed by atoms with Crippen LogP contribution in [0, 0.1) is 5.92 Å². The minimum atomic E-state index is -0.0594. The number of hydrogen-bond acceptors (Lipinski definition) is 4. The summed E-state index contributed by atoms with van der Waals surface area (Å²) in [5.41, 5.74) is 2.86. The van der Waals surface area contributed by atoms with E-state index >= 15 is 0 Å². The highest BCUT2D eigenvalue weighted by Crippen LogP contribution is 2.33. The van der Waals surface area contributed by atoms with E-state index in [2.05, 4.69) is 28.4 Å². The van der Waals surface area contributed by atoms with Crippen LogP contribution in [0.15, 0.2) is 48.5 Å². The Morgan fingerprint density at radius 1 is 1.06 bits per heavy atom. The first-order valence-electron chi connectivity index (χ1n) is 12.0. The van der Waals surface area contributed by atoms with Crippen molar-refractivity contribution in [1.29, 1.82) is 0 Å². The second kappa shape index (κ2) is 8.75. The number of fused-ring (bicyclic) bond motifs is 3. The van der Waals surface area contributed by atoms with Crippen LogP contribution in [0.1, 0.15) is 41.7 Å². The van der Waals surface area contributed by atoms with Crippen molar-refractivity contribution in [3.63, 3.8) is 0 Å². The molecule has 1 aromatic heterocycles. The molecule has 6 nitrogen and oxygen atoms in total. The molecule has 2 aliphatic heterocycles. The summed E-state index contributed by atoms with van der Waals surface area (Å²) in [6.07, 6.45) is 4.29. The summed E-state index contributed by atoms with van der Waals surface area (Å²) in [7, 11) is 0. The zero-order valence-corrected chi connectivity index (χ0v) is 19.4. The molecule has 33 heavy (non-hydrogen) atoms. The van der Waals surface area contributed by atoms with Gasteiger partial charge in [0.05, 0.1) is 18.7 Å². The molecule has 1 amide bonds. The Balaban J connectivity index is 1.17. The summed E-state index contributed by atoms with van der Waals surface area (Å²) >= 11 is 6.05. The van der Waals surface area contributed by atoms with E-state index in [4.69, 9.17) is 21.4 Å². The van der Waals surface area contributed by atoms with Gasteiger partial charge in [-0.1, -0.05) is 41.9 Å². The SMILES string of the molecule is O=C(NC1C[C@H]2COC[C@@H](C1)N2Cc1ccc(Cl)cc1)c1nn(CC2CC2)c2ccccc12. The molecular formula is C26H29ClN4O2. The number of rotatable bonds is 6. The lowest BCUT2D eigenvalue weighted by Crippen LogP contribution is -2.60. The predicted molar refractivity (Wildman–Crippen MR) is 128 cm³/mol. The number of benzene rings is 2. The van der Waals surface area contributed by atoms with Gasteiger partial charge in [0, 0.05) is 41.6 Å². The van der Waals surface area contributed by atoms with Gasteiger partial charge in [-0.25, -0.2) is 0 Å². The van der Waals surface area contributed by atoms with Crippen LogP contribution in [0.25, 0.3) is 10.9 Å². The number of carbonyl (C=O) groups is 1. The smallest absolute Gasteiger partial charge is 0.272 e. The van der Waals surface area contributed by atoms with Crippen LogP contribution in [-0.2, 0) is 17.8 Å². The first-order valence-corrected chi connectivity index (χ1v) is 12.4. The fraction of sp³-hybridized carbons (Fsp3) is 0.462. The van der Waals surface area contributed by atoms with Gasteiger partial charge < -0.3 is 10.1 Å². The Kier molecular flexibility index (Phi) is 5.60. The molecule has 1 unspecified atom stereocenters. The van der Waals surface area contributed by atoms with Gasteiger partial charge in [-0.15, -0.1) is 0 Å². The molecule has 172 valence electrons. The number of nitrogens with zero attached hydrogens (tertiary/aromatic N) is 3. The fourth-order valence-corrected chi connectivity index (χ4v) is 5.53. The maximum absolute atomic E-state index is 13.3. The lowest BCUT2D eigenvalue weighted by molar-refractivity contribution is -0.0843. The third kappa shape index (κ3) is 4.39. The van der Waals surface area contributed by atoms with Crippen LogP contribution in [0.4, 0.5) is 0 Å². The highest BCUT2D eigenvalue weighted by Gasteiger charge is 2.39. The largest absolute Gasteiger partial charge is 0.378 e. The Bertz CT molecular complexity index is 1140. The molecule has 3 fully saturated rings. The fourth-order valence-electron chi connectivity index (χ4n) is 5.40. The van der Waals surface area contributed by atoms with Crippen LogP contribution in [0.5, 0.6) is 0 Å². The van der Waals surface area contributed by atoms with Gasteiger partial charge in [-0.05, 0) is 55.4 Å². The minimum absolute atomic E-state index is 0.0594. The normalized spacial score (nSPS) is 25.3. The topological polar surface area (TPSA) is 59.4 Å². The van der Waals surface area contributed by atoms with E-state index in [0.717, 1.165) is 41.9 Å². The molecule has 3 aromatic rings. The van der Waals surface area contributed by atoms with E-state index in [1.165, 1.54) is 18.4 Å². The van der Waals surface area contributed by atoms with Gasteiger partial charge >= 0.3 is 0 Å². The van der Waals surface area contributed by atoms with Crippen molar-refractivity contribution in [2.75, 3.05) is 13.2 Å². The predicted octanol–water partition coefficient (Wildman–Crippen LogP) is 4.26. The molecular weight excluding hydrogens is 436 g/mol. The van der Waals surface area contributed by atoms with Crippen LogP contribution < -0.4 is 5.32 Å². The number of ether oxygens (including phenoxy) is 1. The highest BCUT2D eigenvalue weighted by atomic mass is 35.5. The van der Waals surface area contributed by atoms with E-state index in [-0.39, 0.29) is 11.9 Å². The standard InChI is InChI=1S/C26H29ClN4O2/c27-19-9-7-17(8-10-19)13-30-21-11-20(12-22(30)16-33-15-21)28-26(32)25-23-3-1-2-4-24(23)31(29-25)14-18-5-6-18/h1-4,7-10,18,20-22H,5-6,11-16H2,(H,28,32)/t20?,21-,22+. The van der Waals surface area contributed by atoms with Crippen molar-refractivity contribution in [3.05, 3.63) is 64.8 Å². The van der Waals surface area contributed by atoms with Crippen molar-refractivity contribution in [1.82, 2.24) is 20.0 Å². The monoisotopic (exact) mass is 464 g/mol. The van der Waals surface area contributed by atoms with Gasteiger partial charge in [0.2, 0.25) is 0 Å². The number of piperidine rings is 1. The number of halogens is 1. The quantitative estimate of drug-likeness (QED) is 0.592. The number of nitrogens with one attached hydrogen (secondary N) is 1. The molecule has 1 saturated carbocycles. The Labute approximate surface area is 198 Å². The Hall–Kier alpha value is -2.41. The number of amides is 1. The summed E-state index contributed by atoms with van der Waals surface area (Å²) in [6.45, 7) is 3.19. The molecule has 3 aliphatic rings. The van der Waals surface area contributed by atoms with E-state index < -0.39 is 0 Å². The van der Waals surface area contributed by atoms with Crippen molar-refractivity contribution < 1.29 is 9.53 Å². The van der Waals surface area contributed by atoms with Gasteiger partial charge in [-0.2, -0.15) is 5.10 Å². The average Bonchev–Trinajstić information content (AvgIpc) is 3.55. The molecule has 0 spiro atoms. The molecule has 1 aliphatic carbocycles. The molecule has 7 heteroatoms. The summed E-state index contributed by atoms with van der Waals surface area (Å²) in [5, 5.41) is 9.76. The Morgan fingerprint density at radius 2 is 1.79 bits per heavy atom. The Morgan fingerprint density at radius 3 is 2.52 bits per heavy atom. The van der Waals surface area contributed by atoms with Crippen molar-refractivity contribution in [3.8, 4) is 0 Å². The molecule has 3 heterocycles. The third-order valence-corrected chi connectivity index (χ3v) is 7.54. The maximum Gasteiger partial charge on any atom is 0.272 e. The first kappa shape index (κ1) is 21.1. The minimum Gasteiger partial charge on any atom is -0.378 e. The van der Waals surface area contributed by atoms with E-state index in [1.807, 2.05) is 35.0 Å². The zero-order valence-electron chi connectivity index (χ0n) is 18.6. The summed E-state index contributed by atoms with van der Waals surface area (Å²) in [4.78, 5) is 15.9. The average molecular weight is 465 g/mol. The second-order valence-corrected chi connectivity index (χ2v) is 10.2. The first-order chi connectivity index (χ1) is 16.1. The lowest BCUT2D eigenvalue weighted by Gasteiger charge is -2.48. The third-order valence-electron chi connectivity index (χ3n) is 7.29. The summed E-state index contributed by atoms with van der Waals surface area (Å²) < 4.78 is 7.90. The maximum atomic E-state index is 13.3. The van der Waals surface area contributed by atoms with Gasteiger partial charge in [0.25, 0.3) is 5.91 Å². The highest BCUT2D eigenvalue weighted by molar-refractivity contribution is 6.30. The van der Waals surface area contributed by atoms with E-state index in [9.17, 15) is 4.79 Å². The molecule has 1 N–H and O–H groups in total. The van der Waals surface area contributed by atoms with Gasteiger partial charge in [0.1, 0.15) is 0 Å². The van der Waals surface area contributed by atoms with E-state index in [0.29, 0.717) is 36.9 Å². The molecule has 2 aromatic carbocycles. The number of para-hydroxylation sites is 1. The molecule has 0 radical (unpaired) electrons. The number of hydrogen-bond donors (Lipinski definition) is 1. The number of carbonyl (C=O) groups excluding carboxylic acids is 1. The molecule has 2 saturated heterocycles. The zero-order chi connectivity index (χ0) is 22.4. The van der Waals surface area contributed by atoms with Crippen LogP contribution in [0.3, 0.4) is 0 Å².